The molecule has 1 unspecified atom stereocenters. The highest BCUT2D eigenvalue weighted by Crippen LogP contribution is 2.27. The molecule has 1 aliphatic heterocycles. The van der Waals surface area contributed by atoms with Crippen molar-refractivity contribution in [1.29, 1.82) is 0 Å². The molecule has 146 valence electrons. The van der Waals surface area contributed by atoms with Crippen molar-refractivity contribution in [2.24, 2.45) is 0 Å². The van der Waals surface area contributed by atoms with Crippen molar-refractivity contribution in [3.63, 3.8) is 0 Å². The Labute approximate surface area is 160 Å². The third-order valence-electron chi connectivity index (χ3n) is 5.00. The molecule has 1 saturated heterocycles. The maximum absolute atomic E-state index is 13.8. The van der Waals surface area contributed by atoms with Gasteiger partial charge in [-0.1, -0.05) is 18.2 Å². The van der Waals surface area contributed by atoms with E-state index in [2.05, 4.69) is 9.62 Å². The molecule has 2 aromatic carbocycles. The Morgan fingerprint density at radius 3 is 2.41 bits per heavy atom. The van der Waals surface area contributed by atoms with E-state index in [1.165, 1.54) is 12.1 Å². The molecule has 1 aliphatic rings. The zero-order valence-electron chi connectivity index (χ0n) is 15.6. The second-order valence-corrected chi connectivity index (χ2v) is 8.56. The van der Waals surface area contributed by atoms with Crippen molar-refractivity contribution in [3.8, 4) is 5.75 Å². The number of benzene rings is 2. The van der Waals surface area contributed by atoms with Crippen LogP contribution in [0.25, 0.3) is 0 Å². The van der Waals surface area contributed by atoms with Crippen molar-refractivity contribution in [3.05, 3.63) is 59.4 Å². The molecule has 0 aliphatic carbocycles. The fourth-order valence-electron chi connectivity index (χ4n) is 3.35. The summed E-state index contributed by atoms with van der Waals surface area (Å²) in [6.07, 6.45) is 2.20. The molecule has 27 heavy (non-hydrogen) atoms. The van der Waals surface area contributed by atoms with E-state index >= 15 is 0 Å². The lowest BCUT2D eigenvalue weighted by Gasteiger charge is -2.28. The first-order chi connectivity index (χ1) is 12.9. The molecule has 0 radical (unpaired) electrons. The third-order valence-corrected chi connectivity index (χ3v) is 6.42. The predicted molar refractivity (Wildman–Crippen MR) is 103 cm³/mol. The van der Waals surface area contributed by atoms with Gasteiger partial charge in [-0.2, -0.15) is 0 Å². The number of nitrogens with one attached hydrogen (secondary N) is 1. The van der Waals surface area contributed by atoms with E-state index in [-0.39, 0.29) is 17.5 Å². The van der Waals surface area contributed by atoms with Gasteiger partial charge in [0.15, 0.2) is 0 Å². The maximum Gasteiger partial charge on any atom is 0.240 e. The number of likely N-dealkylation sites (tertiary alicyclic amines) is 1. The van der Waals surface area contributed by atoms with E-state index in [4.69, 9.17) is 4.74 Å². The average molecular weight is 392 g/mol. The van der Waals surface area contributed by atoms with Crippen LogP contribution in [0.15, 0.2) is 47.4 Å². The van der Waals surface area contributed by atoms with Crippen LogP contribution >= 0.6 is 0 Å². The summed E-state index contributed by atoms with van der Waals surface area (Å²) in [7, 11) is -2.17. The van der Waals surface area contributed by atoms with Crippen LogP contribution in [0.5, 0.6) is 5.75 Å². The van der Waals surface area contributed by atoms with Crippen molar-refractivity contribution >= 4 is 10.0 Å². The highest BCUT2D eigenvalue weighted by molar-refractivity contribution is 7.89. The van der Waals surface area contributed by atoms with Gasteiger partial charge >= 0.3 is 0 Å². The molecule has 0 spiro atoms. The molecular formula is C20H25FN2O3S. The number of methoxy groups -OCH3 is 1. The lowest BCUT2D eigenvalue weighted by Crippen LogP contribution is -2.36. The number of hydrogen-bond donors (Lipinski definition) is 1. The Morgan fingerprint density at radius 2 is 1.81 bits per heavy atom. The van der Waals surface area contributed by atoms with Crippen molar-refractivity contribution in [1.82, 2.24) is 9.62 Å². The van der Waals surface area contributed by atoms with Gasteiger partial charge < -0.3 is 4.74 Å². The maximum atomic E-state index is 13.8. The Balaban J connectivity index is 1.80. The first-order valence-corrected chi connectivity index (χ1v) is 10.5. The topological polar surface area (TPSA) is 58.6 Å². The Kier molecular flexibility index (Phi) is 6.14. The molecular weight excluding hydrogens is 367 g/mol. The molecule has 2 aromatic rings. The Hall–Kier alpha value is -1.96. The third kappa shape index (κ3) is 4.66. The van der Waals surface area contributed by atoms with E-state index in [1.54, 1.807) is 14.0 Å². The Morgan fingerprint density at radius 1 is 1.15 bits per heavy atom. The largest absolute Gasteiger partial charge is 0.497 e. The van der Waals surface area contributed by atoms with Crippen LogP contribution in [0.4, 0.5) is 4.39 Å². The number of rotatable bonds is 7. The molecule has 1 fully saturated rings. The van der Waals surface area contributed by atoms with Gasteiger partial charge in [0.25, 0.3) is 0 Å². The molecule has 7 heteroatoms. The number of ether oxygens (including phenoxy) is 1. The number of sulfonamides is 1. The second kappa shape index (κ2) is 8.37. The van der Waals surface area contributed by atoms with Crippen LogP contribution in [-0.2, 0) is 10.0 Å². The normalized spacial score (nSPS) is 16.4. The lowest BCUT2D eigenvalue weighted by atomic mass is 10.1. The summed E-state index contributed by atoms with van der Waals surface area (Å²) in [5.41, 5.74) is 1.44. The first kappa shape index (κ1) is 19.8. The number of hydrogen-bond acceptors (Lipinski definition) is 4. The van der Waals surface area contributed by atoms with Gasteiger partial charge in [0.05, 0.1) is 12.0 Å². The van der Waals surface area contributed by atoms with Gasteiger partial charge in [-0.15, -0.1) is 0 Å². The number of nitrogens with zero attached hydrogens (tertiary/aromatic N) is 1. The summed E-state index contributed by atoms with van der Waals surface area (Å²) < 4.78 is 46.9. The molecule has 3 rings (SSSR count). The molecule has 1 N–H and O–H groups in total. The summed E-state index contributed by atoms with van der Waals surface area (Å²) in [6, 6.07) is 11.6. The predicted octanol–water partition coefficient (Wildman–Crippen LogP) is 3.26. The van der Waals surface area contributed by atoms with E-state index in [0.717, 1.165) is 43.3 Å². The van der Waals surface area contributed by atoms with Gasteiger partial charge in [-0.05, 0) is 68.2 Å². The van der Waals surface area contributed by atoms with E-state index in [1.807, 2.05) is 24.3 Å². The SMILES string of the molecule is COc1ccc(C(CNS(=O)(=O)c2ccc(C)c(F)c2)N2CCCC2)cc1. The molecule has 0 aromatic heterocycles. The van der Waals surface area contributed by atoms with Crippen LogP contribution in [0.3, 0.4) is 0 Å². The van der Waals surface area contributed by atoms with Crippen molar-refractivity contribution in [2.45, 2.75) is 30.7 Å². The quantitative estimate of drug-likeness (QED) is 0.786. The molecule has 0 amide bonds. The number of halogens is 1. The molecule has 0 bridgehead atoms. The monoisotopic (exact) mass is 392 g/mol. The molecule has 1 atom stereocenters. The van der Waals surface area contributed by atoms with Crippen LogP contribution in [0.1, 0.15) is 30.0 Å². The fourth-order valence-corrected chi connectivity index (χ4v) is 4.40. The summed E-state index contributed by atoms with van der Waals surface area (Å²) in [5.74, 6) is 0.235. The van der Waals surface area contributed by atoms with Gasteiger partial charge in [0.1, 0.15) is 11.6 Å². The van der Waals surface area contributed by atoms with Gasteiger partial charge in [-0.25, -0.2) is 17.5 Å². The van der Waals surface area contributed by atoms with E-state index < -0.39 is 15.8 Å². The van der Waals surface area contributed by atoms with E-state index in [0.29, 0.717) is 5.56 Å². The van der Waals surface area contributed by atoms with Crippen LogP contribution in [0.2, 0.25) is 0 Å². The number of aryl methyl sites for hydroxylation is 1. The molecule has 5 nitrogen and oxygen atoms in total. The average Bonchev–Trinajstić information content (AvgIpc) is 3.19. The fraction of sp³-hybridized carbons (Fsp3) is 0.400. The van der Waals surface area contributed by atoms with Crippen molar-refractivity contribution in [2.75, 3.05) is 26.7 Å². The summed E-state index contributed by atoms with van der Waals surface area (Å²) in [6.45, 7) is 3.69. The Bertz CT molecular complexity index is 879. The highest BCUT2D eigenvalue weighted by atomic mass is 32.2. The van der Waals surface area contributed by atoms with Crippen LogP contribution in [-0.4, -0.2) is 40.1 Å². The van der Waals surface area contributed by atoms with Crippen LogP contribution in [0, 0.1) is 12.7 Å². The van der Waals surface area contributed by atoms with Gasteiger partial charge in [0, 0.05) is 12.6 Å². The minimum absolute atomic E-state index is 0.0551. The summed E-state index contributed by atoms with van der Waals surface area (Å²) in [5, 5.41) is 0. The summed E-state index contributed by atoms with van der Waals surface area (Å²) >= 11 is 0. The highest BCUT2D eigenvalue weighted by Gasteiger charge is 2.26. The standard InChI is InChI=1S/C20H25FN2O3S/c1-15-5-10-18(13-19(15)21)27(24,25)22-14-20(23-11-3-4-12-23)16-6-8-17(26-2)9-7-16/h5-10,13,20,22H,3-4,11-12,14H2,1-2H3. The lowest BCUT2D eigenvalue weighted by molar-refractivity contribution is 0.246. The minimum Gasteiger partial charge on any atom is -0.497 e. The summed E-state index contributed by atoms with van der Waals surface area (Å²) in [4.78, 5) is 2.22. The molecule has 1 heterocycles. The smallest absolute Gasteiger partial charge is 0.240 e. The van der Waals surface area contributed by atoms with E-state index in [9.17, 15) is 12.8 Å². The zero-order valence-corrected chi connectivity index (χ0v) is 16.4. The van der Waals surface area contributed by atoms with Gasteiger partial charge in [0.2, 0.25) is 10.0 Å². The minimum atomic E-state index is -3.79. The van der Waals surface area contributed by atoms with Gasteiger partial charge in [-0.3, -0.25) is 4.90 Å². The van der Waals surface area contributed by atoms with Crippen molar-refractivity contribution < 1.29 is 17.5 Å². The van der Waals surface area contributed by atoms with Crippen LogP contribution < -0.4 is 9.46 Å². The zero-order chi connectivity index (χ0) is 19.4. The second-order valence-electron chi connectivity index (χ2n) is 6.79. The molecule has 0 saturated carbocycles. The first-order valence-electron chi connectivity index (χ1n) is 9.04.